The fraction of sp³-hybridized carbons (Fsp3) is 0.438. The molecule has 108 valence electrons. The molecule has 0 saturated carbocycles. The minimum absolute atomic E-state index is 0.470. The van der Waals surface area contributed by atoms with Crippen molar-refractivity contribution in [2.75, 3.05) is 13.1 Å². The fourth-order valence-corrected chi connectivity index (χ4v) is 3.66. The molecule has 0 aliphatic carbocycles. The minimum atomic E-state index is 0.470. The van der Waals surface area contributed by atoms with E-state index >= 15 is 0 Å². The van der Waals surface area contributed by atoms with Gasteiger partial charge in [0.15, 0.2) is 0 Å². The Kier molecular flexibility index (Phi) is 5.75. The van der Waals surface area contributed by atoms with Gasteiger partial charge >= 0.3 is 0 Å². The van der Waals surface area contributed by atoms with Gasteiger partial charge in [-0.3, -0.25) is 0 Å². The maximum atomic E-state index is 4.69. The standard InChI is InChI=1S/C16H21BrN2S/c1-4-18-10-14(13-6-5-7-15(17)8-13)9-16-19-11(2)12(3)20-16/h5-8,14,18H,4,9-10H2,1-3H3. The summed E-state index contributed by atoms with van der Waals surface area (Å²) in [5.41, 5.74) is 2.53. The molecular weight excluding hydrogens is 332 g/mol. The number of halogens is 1. The van der Waals surface area contributed by atoms with Crippen molar-refractivity contribution >= 4 is 27.3 Å². The van der Waals surface area contributed by atoms with Crippen LogP contribution in [0.15, 0.2) is 28.7 Å². The first-order valence-electron chi connectivity index (χ1n) is 6.99. The molecule has 2 rings (SSSR count). The lowest BCUT2D eigenvalue weighted by molar-refractivity contribution is 0.593. The van der Waals surface area contributed by atoms with E-state index in [1.54, 1.807) is 0 Å². The number of hydrogen-bond donors (Lipinski definition) is 1. The number of hydrogen-bond acceptors (Lipinski definition) is 3. The summed E-state index contributed by atoms with van der Waals surface area (Å²) in [7, 11) is 0. The maximum Gasteiger partial charge on any atom is 0.0937 e. The quantitative estimate of drug-likeness (QED) is 0.830. The fourth-order valence-electron chi connectivity index (χ4n) is 2.22. The first-order chi connectivity index (χ1) is 9.60. The number of aryl methyl sites for hydroxylation is 2. The summed E-state index contributed by atoms with van der Waals surface area (Å²) in [6.07, 6.45) is 1.00. The van der Waals surface area contributed by atoms with Gasteiger partial charge in [0.1, 0.15) is 0 Å². The molecule has 0 fully saturated rings. The first-order valence-corrected chi connectivity index (χ1v) is 8.60. The summed E-state index contributed by atoms with van der Waals surface area (Å²) in [5.74, 6) is 0.470. The van der Waals surface area contributed by atoms with E-state index in [0.29, 0.717) is 5.92 Å². The average Bonchev–Trinajstić information content (AvgIpc) is 2.73. The van der Waals surface area contributed by atoms with Gasteiger partial charge in [0, 0.05) is 28.2 Å². The van der Waals surface area contributed by atoms with Crippen LogP contribution in [0.1, 0.15) is 34.0 Å². The predicted molar refractivity (Wildman–Crippen MR) is 90.7 cm³/mol. The minimum Gasteiger partial charge on any atom is -0.316 e. The molecule has 1 unspecified atom stereocenters. The topological polar surface area (TPSA) is 24.9 Å². The number of nitrogens with zero attached hydrogens (tertiary/aromatic N) is 1. The van der Waals surface area contributed by atoms with Crippen LogP contribution in [0.5, 0.6) is 0 Å². The number of benzene rings is 1. The smallest absolute Gasteiger partial charge is 0.0937 e. The first kappa shape index (κ1) is 15.7. The van der Waals surface area contributed by atoms with Crippen molar-refractivity contribution in [3.8, 4) is 0 Å². The second-order valence-electron chi connectivity index (χ2n) is 5.01. The number of likely N-dealkylation sites (N-methyl/N-ethyl adjacent to an activating group) is 1. The molecule has 2 aromatic rings. The number of aromatic nitrogens is 1. The SMILES string of the molecule is CCNCC(Cc1nc(C)c(C)s1)c1cccc(Br)c1. The second kappa shape index (κ2) is 7.34. The zero-order chi connectivity index (χ0) is 14.5. The van der Waals surface area contributed by atoms with Gasteiger partial charge in [0.05, 0.1) is 10.7 Å². The monoisotopic (exact) mass is 352 g/mol. The van der Waals surface area contributed by atoms with Gasteiger partial charge in [-0.15, -0.1) is 11.3 Å². The van der Waals surface area contributed by atoms with E-state index in [1.165, 1.54) is 21.1 Å². The van der Waals surface area contributed by atoms with Crippen LogP contribution in [0.2, 0.25) is 0 Å². The lowest BCUT2D eigenvalue weighted by Gasteiger charge is -2.17. The van der Waals surface area contributed by atoms with Crippen molar-refractivity contribution in [2.45, 2.75) is 33.1 Å². The normalized spacial score (nSPS) is 12.6. The van der Waals surface area contributed by atoms with E-state index < -0.39 is 0 Å². The largest absolute Gasteiger partial charge is 0.316 e. The van der Waals surface area contributed by atoms with Crippen LogP contribution in [0.25, 0.3) is 0 Å². The number of thiazole rings is 1. The average molecular weight is 353 g/mol. The van der Waals surface area contributed by atoms with Crippen molar-refractivity contribution < 1.29 is 0 Å². The van der Waals surface area contributed by atoms with Crippen LogP contribution < -0.4 is 5.32 Å². The molecule has 2 nitrogen and oxygen atoms in total. The highest BCUT2D eigenvalue weighted by Gasteiger charge is 2.15. The summed E-state index contributed by atoms with van der Waals surface area (Å²) in [5, 5.41) is 4.71. The van der Waals surface area contributed by atoms with Crippen LogP contribution in [0, 0.1) is 13.8 Å². The molecule has 0 amide bonds. The number of nitrogens with one attached hydrogen (secondary N) is 1. The molecule has 1 N–H and O–H groups in total. The van der Waals surface area contributed by atoms with Crippen molar-refractivity contribution in [1.29, 1.82) is 0 Å². The van der Waals surface area contributed by atoms with Crippen LogP contribution in [0.4, 0.5) is 0 Å². The zero-order valence-electron chi connectivity index (χ0n) is 12.2. The van der Waals surface area contributed by atoms with Crippen LogP contribution in [-0.4, -0.2) is 18.1 Å². The van der Waals surface area contributed by atoms with E-state index in [0.717, 1.165) is 24.0 Å². The molecule has 0 spiro atoms. The molecule has 0 aliphatic heterocycles. The van der Waals surface area contributed by atoms with Crippen molar-refractivity contribution in [1.82, 2.24) is 10.3 Å². The molecule has 0 saturated heterocycles. The van der Waals surface area contributed by atoms with Gasteiger partial charge in [-0.25, -0.2) is 4.98 Å². The predicted octanol–water partition coefficient (Wildman–Crippen LogP) is 4.46. The summed E-state index contributed by atoms with van der Waals surface area (Å²) < 4.78 is 1.14. The molecule has 1 heterocycles. The van der Waals surface area contributed by atoms with E-state index in [4.69, 9.17) is 0 Å². The van der Waals surface area contributed by atoms with Gasteiger partial charge in [0.25, 0.3) is 0 Å². The van der Waals surface area contributed by atoms with Crippen molar-refractivity contribution in [2.24, 2.45) is 0 Å². The summed E-state index contributed by atoms with van der Waals surface area (Å²) in [4.78, 5) is 6.02. The molecule has 20 heavy (non-hydrogen) atoms. The molecule has 0 radical (unpaired) electrons. The van der Waals surface area contributed by atoms with Crippen LogP contribution in [0.3, 0.4) is 0 Å². The zero-order valence-corrected chi connectivity index (χ0v) is 14.6. The third-order valence-corrected chi connectivity index (χ3v) is 5.04. The Morgan fingerprint density at radius 1 is 1.35 bits per heavy atom. The summed E-state index contributed by atoms with van der Waals surface area (Å²) >= 11 is 5.39. The lowest BCUT2D eigenvalue weighted by atomic mass is 9.96. The second-order valence-corrected chi connectivity index (χ2v) is 7.22. The molecule has 0 aliphatic rings. The summed E-state index contributed by atoms with van der Waals surface area (Å²) in [6.45, 7) is 8.38. The highest BCUT2D eigenvalue weighted by molar-refractivity contribution is 9.10. The third kappa shape index (κ3) is 4.14. The molecule has 0 bridgehead atoms. The molecule has 1 aromatic carbocycles. The Bertz CT molecular complexity index is 546. The molecule has 1 atom stereocenters. The van der Waals surface area contributed by atoms with Crippen LogP contribution >= 0.6 is 27.3 Å². The van der Waals surface area contributed by atoms with Crippen molar-refractivity contribution in [3.63, 3.8) is 0 Å². The van der Waals surface area contributed by atoms with Crippen LogP contribution in [-0.2, 0) is 6.42 Å². The van der Waals surface area contributed by atoms with Crippen molar-refractivity contribution in [3.05, 3.63) is 49.9 Å². The van der Waals surface area contributed by atoms with Gasteiger partial charge < -0.3 is 5.32 Å². The van der Waals surface area contributed by atoms with Gasteiger partial charge in [-0.2, -0.15) is 0 Å². The van der Waals surface area contributed by atoms with Gasteiger partial charge in [0.2, 0.25) is 0 Å². The Morgan fingerprint density at radius 3 is 2.75 bits per heavy atom. The Balaban J connectivity index is 2.18. The van der Waals surface area contributed by atoms with Gasteiger partial charge in [-0.05, 0) is 38.1 Å². The molecular formula is C16H21BrN2S. The highest BCUT2D eigenvalue weighted by atomic mass is 79.9. The van der Waals surface area contributed by atoms with Gasteiger partial charge in [-0.1, -0.05) is 35.0 Å². The van der Waals surface area contributed by atoms with E-state index in [2.05, 4.69) is 71.3 Å². The summed E-state index contributed by atoms with van der Waals surface area (Å²) in [6, 6.07) is 8.61. The molecule has 1 aromatic heterocycles. The molecule has 4 heteroatoms. The Hall–Kier alpha value is -0.710. The van der Waals surface area contributed by atoms with E-state index in [-0.39, 0.29) is 0 Å². The van der Waals surface area contributed by atoms with E-state index in [9.17, 15) is 0 Å². The Morgan fingerprint density at radius 2 is 2.15 bits per heavy atom. The van der Waals surface area contributed by atoms with E-state index in [1.807, 2.05) is 11.3 Å². The maximum absolute atomic E-state index is 4.69. The third-order valence-electron chi connectivity index (χ3n) is 3.45. The highest BCUT2D eigenvalue weighted by Crippen LogP contribution is 2.26. The number of rotatable bonds is 6. The Labute approximate surface area is 133 Å². The lowest BCUT2D eigenvalue weighted by Crippen LogP contribution is -2.22.